The number of rotatable bonds is 4. The molecule has 0 radical (unpaired) electrons. The van der Waals surface area contributed by atoms with Crippen molar-refractivity contribution in [2.45, 2.75) is 52.0 Å². The highest BCUT2D eigenvalue weighted by atomic mass is 16.4. The summed E-state index contributed by atoms with van der Waals surface area (Å²) < 4.78 is 0. The van der Waals surface area contributed by atoms with Crippen molar-refractivity contribution in [1.29, 1.82) is 0 Å². The van der Waals surface area contributed by atoms with Gasteiger partial charge in [-0.25, -0.2) is 0 Å². The van der Waals surface area contributed by atoms with Crippen LogP contribution in [0.2, 0.25) is 0 Å². The fraction of sp³-hybridized carbons (Fsp3) is 0.833. The predicted octanol–water partition coefficient (Wildman–Crippen LogP) is 1.45. The molecule has 0 heterocycles. The number of amidine groups is 1. The van der Waals surface area contributed by atoms with E-state index in [1.165, 1.54) is 0 Å². The molecule has 98 valence electrons. The molecule has 1 aliphatic rings. The Morgan fingerprint density at radius 2 is 2.24 bits per heavy atom. The third kappa shape index (κ3) is 2.90. The molecule has 1 rings (SSSR count). The predicted molar refractivity (Wildman–Crippen MR) is 66.8 cm³/mol. The summed E-state index contributed by atoms with van der Waals surface area (Å²) in [6.45, 7) is 5.78. The van der Waals surface area contributed by atoms with Crippen molar-refractivity contribution >= 4 is 11.7 Å². The van der Waals surface area contributed by atoms with Gasteiger partial charge in [-0.1, -0.05) is 25.4 Å². The van der Waals surface area contributed by atoms with Crippen LogP contribution in [-0.4, -0.2) is 22.5 Å². The summed E-state index contributed by atoms with van der Waals surface area (Å²) in [6.07, 6.45) is 3.73. The second kappa shape index (κ2) is 5.38. The standard InChI is InChI=1S/C12H23N3O2/c1-4-12(3,11(13)15-17)14-10(16)9-7-5-6-8(9)2/h8-9,17H,4-7H2,1-3H3,(H2,13,15)(H,14,16). The van der Waals surface area contributed by atoms with Gasteiger partial charge in [0.1, 0.15) is 0 Å². The van der Waals surface area contributed by atoms with Crippen LogP contribution < -0.4 is 11.1 Å². The second-order valence-electron chi connectivity index (χ2n) is 5.17. The van der Waals surface area contributed by atoms with Crippen LogP contribution >= 0.6 is 0 Å². The molecule has 0 saturated heterocycles. The van der Waals surface area contributed by atoms with Gasteiger partial charge >= 0.3 is 0 Å². The zero-order chi connectivity index (χ0) is 13.1. The van der Waals surface area contributed by atoms with E-state index >= 15 is 0 Å². The first-order valence-electron chi connectivity index (χ1n) is 6.24. The molecular formula is C12H23N3O2. The molecule has 1 fully saturated rings. The average molecular weight is 241 g/mol. The van der Waals surface area contributed by atoms with Crippen molar-refractivity contribution in [2.24, 2.45) is 22.7 Å². The van der Waals surface area contributed by atoms with Crippen LogP contribution in [0.3, 0.4) is 0 Å². The minimum Gasteiger partial charge on any atom is -0.409 e. The van der Waals surface area contributed by atoms with E-state index < -0.39 is 5.54 Å². The number of nitrogens with one attached hydrogen (secondary N) is 1. The molecule has 3 atom stereocenters. The Kier molecular flexibility index (Phi) is 4.37. The molecule has 3 unspecified atom stereocenters. The molecule has 0 aromatic rings. The van der Waals surface area contributed by atoms with Crippen LogP contribution in [0.15, 0.2) is 5.16 Å². The van der Waals surface area contributed by atoms with E-state index in [0.29, 0.717) is 12.3 Å². The van der Waals surface area contributed by atoms with Crippen LogP contribution in [0.25, 0.3) is 0 Å². The van der Waals surface area contributed by atoms with Gasteiger partial charge in [-0.15, -0.1) is 0 Å². The molecule has 0 spiro atoms. The molecule has 1 amide bonds. The Morgan fingerprint density at radius 3 is 2.65 bits per heavy atom. The zero-order valence-electron chi connectivity index (χ0n) is 10.9. The van der Waals surface area contributed by atoms with E-state index in [0.717, 1.165) is 19.3 Å². The third-order valence-electron chi connectivity index (χ3n) is 3.98. The SMILES string of the molecule is CCC(C)(NC(=O)C1CCCC1C)C(N)=NO. The highest BCUT2D eigenvalue weighted by Crippen LogP contribution is 2.31. The largest absolute Gasteiger partial charge is 0.409 e. The number of oxime groups is 1. The van der Waals surface area contributed by atoms with Gasteiger partial charge in [0.15, 0.2) is 5.84 Å². The van der Waals surface area contributed by atoms with Crippen LogP contribution in [-0.2, 0) is 4.79 Å². The fourth-order valence-corrected chi connectivity index (χ4v) is 2.34. The molecule has 0 bridgehead atoms. The van der Waals surface area contributed by atoms with Crippen LogP contribution in [0, 0.1) is 11.8 Å². The maximum atomic E-state index is 12.1. The lowest BCUT2D eigenvalue weighted by atomic mass is 9.92. The number of carbonyl (C=O) groups is 1. The second-order valence-corrected chi connectivity index (χ2v) is 5.17. The van der Waals surface area contributed by atoms with Gasteiger partial charge in [0.05, 0.1) is 5.54 Å². The molecular weight excluding hydrogens is 218 g/mol. The Hall–Kier alpha value is -1.26. The Balaban J connectivity index is 2.72. The normalized spacial score (nSPS) is 28.8. The number of nitrogens with zero attached hydrogens (tertiary/aromatic N) is 1. The highest BCUT2D eigenvalue weighted by molar-refractivity contribution is 5.94. The quantitative estimate of drug-likeness (QED) is 0.301. The summed E-state index contributed by atoms with van der Waals surface area (Å²) in [5.41, 5.74) is 4.87. The zero-order valence-corrected chi connectivity index (χ0v) is 10.9. The maximum Gasteiger partial charge on any atom is 0.224 e. The molecule has 17 heavy (non-hydrogen) atoms. The Labute approximate surface area is 102 Å². The first-order valence-corrected chi connectivity index (χ1v) is 6.24. The van der Waals surface area contributed by atoms with Crippen molar-refractivity contribution in [2.75, 3.05) is 0 Å². The first-order chi connectivity index (χ1) is 7.94. The van der Waals surface area contributed by atoms with E-state index in [1.54, 1.807) is 6.92 Å². The van der Waals surface area contributed by atoms with E-state index in [2.05, 4.69) is 17.4 Å². The van der Waals surface area contributed by atoms with E-state index in [-0.39, 0.29) is 17.7 Å². The summed E-state index contributed by atoms with van der Waals surface area (Å²) in [6, 6.07) is 0. The number of carbonyl (C=O) groups excluding carboxylic acids is 1. The third-order valence-corrected chi connectivity index (χ3v) is 3.98. The highest BCUT2D eigenvalue weighted by Gasteiger charge is 2.35. The maximum absolute atomic E-state index is 12.1. The average Bonchev–Trinajstić information content (AvgIpc) is 2.74. The van der Waals surface area contributed by atoms with Gasteiger partial charge in [0.2, 0.25) is 5.91 Å². The van der Waals surface area contributed by atoms with Crippen molar-refractivity contribution in [3.63, 3.8) is 0 Å². The lowest BCUT2D eigenvalue weighted by Crippen LogP contribution is -2.56. The molecule has 1 saturated carbocycles. The molecule has 5 nitrogen and oxygen atoms in total. The molecule has 1 aliphatic carbocycles. The van der Waals surface area contributed by atoms with Gasteiger partial charge in [-0.05, 0) is 32.1 Å². The summed E-state index contributed by atoms with van der Waals surface area (Å²) in [5.74, 6) is 0.556. The minimum atomic E-state index is -0.756. The van der Waals surface area contributed by atoms with Gasteiger partial charge in [0.25, 0.3) is 0 Å². The number of hydrogen-bond donors (Lipinski definition) is 3. The lowest BCUT2D eigenvalue weighted by Gasteiger charge is -2.30. The van der Waals surface area contributed by atoms with Crippen molar-refractivity contribution in [3.8, 4) is 0 Å². The van der Waals surface area contributed by atoms with E-state index in [9.17, 15) is 4.79 Å². The molecule has 0 aromatic heterocycles. The van der Waals surface area contributed by atoms with Crippen LogP contribution in [0.5, 0.6) is 0 Å². The Bertz CT molecular complexity index is 317. The van der Waals surface area contributed by atoms with Gasteiger partial charge < -0.3 is 16.3 Å². The summed E-state index contributed by atoms with van der Waals surface area (Å²) in [4.78, 5) is 12.1. The van der Waals surface area contributed by atoms with Gasteiger partial charge in [-0.3, -0.25) is 4.79 Å². The minimum absolute atomic E-state index is 0.0194. The molecule has 0 aliphatic heterocycles. The summed E-state index contributed by atoms with van der Waals surface area (Å²) in [7, 11) is 0. The first kappa shape index (κ1) is 13.8. The summed E-state index contributed by atoms with van der Waals surface area (Å²) >= 11 is 0. The molecule has 4 N–H and O–H groups in total. The fourth-order valence-electron chi connectivity index (χ4n) is 2.34. The topological polar surface area (TPSA) is 87.7 Å². The van der Waals surface area contributed by atoms with Gasteiger partial charge in [-0.2, -0.15) is 0 Å². The van der Waals surface area contributed by atoms with Crippen molar-refractivity contribution in [3.05, 3.63) is 0 Å². The number of amides is 1. The van der Waals surface area contributed by atoms with Crippen LogP contribution in [0.4, 0.5) is 0 Å². The number of hydrogen-bond acceptors (Lipinski definition) is 3. The smallest absolute Gasteiger partial charge is 0.224 e. The molecule has 0 aromatic carbocycles. The van der Waals surface area contributed by atoms with Crippen LogP contribution in [0.1, 0.15) is 46.5 Å². The number of nitrogens with two attached hydrogens (primary N) is 1. The van der Waals surface area contributed by atoms with Gasteiger partial charge in [0, 0.05) is 5.92 Å². The van der Waals surface area contributed by atoms with E-state index in [1.807, 2.05) is 6.92 Å². The monoisotopic (exact) mass is 241 g/mol. The van der Waals surface area contributed by atoms with E-state index in [4.69, 9.17) is 10.9 Å². The summed E-state index contributed by atoms with van der Waals surface area (Å²) in [5, 5.41) is 14.7. The van der Waals surface area contributed by atoms with Crippen molar-refractivity contribution in [1.82, 2.24) is 5.32 Å². The Morgan fingerprint density at radius 1 is 1.59 bits per heavy atom. The molecule has 5 heteroatoms. The lowest BCUT2D eigenvalue weighted by molar-refractivity contribution is -0.127. The van der Waals surface area contributed by atoms with Crippen molar-refractivity contribution < 1.29 is 10.0 Å².